The number of hydrogen-bond donors (Lipinski definition) is 1. The normalized spacial score (nSPS) is 16.6. The van der Waals surface area contributed by atoms with Gasteiger partial charge in [-0.05, 0) is 74.4 Å². The van der Waals surface area contributed by atoms with Crippen LogP contribution < -0.4 is 10.2 Å². The van der Waals surface area contributed by atoms with Crippen LogP contribution in [0.3, 0.4) is 0 Å². The fraction of sp³-hybridized carbons (Fsp3) is 0.440. The average molecular weight is 374 g/mol. The van der Waals surface area contributed by atoms with E-state index in [1.807, 2.05) is 0 Å². The van der Waals surface area contributed by atoms with Crippen molar-refractivity contribution in [3.05, 3.63) is 65.4 Å². The van der Waals surface area contributed by atoms with Crippen LogP contribution in [0.25, 0.3) is 10.9 Å². The second-order valence-electron chi connectivity index (χ2n) is 8.34. The minimum absolute atomic E-state index is 0.954. The topological polar surface area (TPSA) is 20.2 Å². The summed E-state index contributed by atoms with van der Waals surface area (Å²) in [6.45, 7) is 5.60. The molecule has 3 aromatic rings. The molecule has 1 aromatic heterocycles. The van der Waals surface area contributed by atoms with Gasteiger partial charge in [-0.2, -0.15) is 0 Å². The molecule has 0 unspecified atom stereocenters. The number of aryl methyl sites for hydroxylation is 1. The van der Waals surface area contributed by atoms with Crippen LogP contribution in [0.1, 0.15) is 42.5 Å². The average Bonchev–Trinajstić information content (AvgIpc) is 3.39. The number of hydrogen-bond acceptors (Lipinski definition) is 2. The quantitative estimate of drug-likeness (QED) is 0.620. The van der Waals surface area contributed by atoms with Gasteiger partial charge in [0.2, 0.25) is 0 Å². The first-order valence-electron chi connectivity index (χ1n) is 11.0. The predicted molar refractivity (Wildman–Crippen MR) is 118 cm³/mol. The van der Waals surface area contributed by atoms with Gasteiger partial charge in [-0.1, -0.05) is 30.3 Å². The van der Waals surface area contributed by atoms with E-state index in [1.165, 1.54) is 73.9 Å². The first-order valence-corrected chi connectivity index (χ1v) is 11.0. The van der Waals surface area contributed by atoms with Crippen LogP contribution in [-0.4, -0.2) is 24.2 Å². The molecule has 0 spiro atoms. The zero-order chi connectivity index (χ0) is 18.8. The number of para-hydroxylation sites is 1. The number of rotatable bonds is 6. The van der Waals surface area contributed by atoms with E-state index < -0.39 is 0 Å². The number of anilines is 1. The summed E-state index contributed by atoms with van der Waals surface area (Å²) in [4.78, 5) is 2.52. The Kier molecular flexibility index (Phi) is 5.09. The van der Waals surface area contributed by atoms with Crippen LogP contribution in [0.15, 0.2) is 48.5 Å². The molecule has 3 nitrogen and oxygen atoms in total. The molecule has 0 atom stereocenters. The molecule has 0 saturated carbocycles. The Bertz CT molecular complexity index is 950. The van der Waals surface area contributed by atoms with Crippen molar-refractivity contribution in [2.45, 2.75) is 51.6 Å². The monoisotopic (exact) mass is 373 g/mol. The minimum Gasteiger partial charge on any atom is -0.372 e. The van der Waals surface area contributed by atoms with Crippen LogP contribution in [0.5, 0.6) is 0 Å². The van der Waals surface area contributed by atoms with Gasteiger partial charge in [0.05, 0.1) is 0 Å². The molecule has 28 heavy (non-hydrogen) atoms. The van der Waals surface area contributed by atoms with E-state index in [4.69, 9.17) is 0 Å². The van der Waals surface area contributed by atoms with Gasteiger partial charge >= 0.3 is 0 Å². The molecule has 1 fully saturated rings. The van der Waals surface area contributed by atoms with E-state index in [9.17, 15) is 0 Å². The fourth-order valence-corrected chi connectivity index (χ4v) is 5.10. The largest absolute Gasteiger partial charge is 0.372 e. The third kappa shape index (κ3) is 3.44. The van der Waals surface area contributed by atoms with Gasteiger partial charge in [0.15, 0.2) is 0 Å². The van der Waals surface area contributed by atoms with Crippen LogP contribution in [0, 0.1) is 0 Å². The van der Waals surface area contributed by atoms with E-state index in [-0.39, 0.29) is 0 Å². The molecule has 0 bridgehead atoms. The Morgan fingerprint density at radius 2 is 1.71 bits per heavy atom. The van der Waals surface area contributed by atoms with Crippen molar-refractivity contribution in [1.29, 1.82) is 0 Å². The van der Waals surface area contributed by atoms with Crippen molar-refractivity contribution in [1.82, 2.24) is 9.88 Å². The van der Waals surface area contributed by atoms with Crippen LogP contribution >= 0.6 is 0 Å². The Hall–Kier alpha value is -2.26. The third-order valence-electron chi connectivity index (χ3n) is 6.50. The van der Waals surface area contributed by atoms with Gasteiger partial charge in [-0.15, -0.1) is 0 Å². The van der Waals surface area contributed by atoms with E-state index in [0.29, 0.717) is 0 Å². The highest BCUT2D eigenvalue weighted by atomic mass is 15.1. The molecule has 5 rings (SSSR count). The van der Waals surface area contributed by atoms with Gasteiger partial charge in [0.1, 0.15) is 0 Å². The van der Waals surface area contributed by atoms with E-state index in [1.54, 1.807) is 11.3 Å². The van der Waals surface area contributed by atoms with Crippen LogP contribution in [0.2, 0.25) is 0 Å². The summed E-state index contributed by atoms with van der Waals surface area (Å²) in [5.41, 5.74) is 7.39. The summed E-state index contributed by atoms with van der Waals surface area (Å²) in [5.74, 6) is 0. The standard InChI is InChI=1S/C25H31N3/c1-2-11-24-22(10-1)23(25-12-3-4-17-28(24)25)13-14-26-19-20-8-7-9-21(18-20)27-15-5-6-16-27/h1-2,7-11,18,26H,3-6,12-17,19H2. The molecule has 3 heterocycles. The molecule has 1 N–H and O–H groups in total. The Balaban J connectivity index is 1.25. The molecule has 0 amide bonds. The first-order chi connectivity index (χ1) is 13.9. The maximum atomic E-state index is 3.70. The number of fused-ring (bicyclic) bond motifs is 3. The lowest BCUT2D eigenvalue weighted by Crippen LogP contribution is -2.20. The van der Waals surface area contributed by atoms with E-state index >= 15 is 0 Å². The molecule has 3 heteroatoms. The molecule has 2 aliphatic rings. The van der Waals surface area contributed by atoms with Crippen LogP contribution in [0.4, 0.5) is 5.69 Å². The zero-order valence-corrected chi connectivity index (χ0v) is 16.8. The van der Waals surface area contributed by atoms with Crippen molar-refractivity contribution in [3.63, 3.8) is 0 Å². The second-order valence-corrected chi connectivity index (χ2v) is 8.34. The number of nitrogens with one attached hydrogen (secondary N) is 1. The Morgan fingerprint density at radius 1 is 0.857 bits per heavy atom. The van der Waals surface area contributed by atoms with Crippen molar-refractivity contribution >= 4 is 16.6 Å². The summed E-state index contributed by atoms with van der Waals surface area (Å²) >= 11 is 0. The second kappa shape index (κ2) is 8.00. The summed E-state index contributed by atoms with van der Waals surface area (Å²) in [6.07, 6.45) is 7.67. The van der Waals surface area contributed by atoms with E-state index in [0.717, 1.165) is 19.5 Å². The fourth-order valence-electron chi connectivity index (χ4n) is 5.10. The Labute approximate surface area is 168 Å². The van der Waals surface area contributed by atoms with Crippen molar-refractivity contribution in [3.8, 4) is 0 Å². The Morgan fingerprint density at radius 3 is 2.64 bits per heavy atom. The highest BCUT2D eigenvalue weighted by molar-refractivity contribution is 5.85. The van der Waals surface area contributed by atoms with Gasteiger partial charge in [0.25, 0.3) is 0 Å². The van der Waals surface area contributed by atoms with Crippen molar-refractivity contribution in [2.24, 2.45) is 0 Å². The lowest BCUT2D eigenvalue weighted by Gasteiger charge is -2.18. The van der Waals surface area contributed by atoms with Crippen molar-refractivity contribution < 1.29 is 0 Å². The molecule has 0 aliphatic carbocycles. The molecular weight excluding hydrogens is 342 g/mol. The smallest absolute Gasteiger partial charge is 0.0485 e. The number of benzene rings is 2. The maximum Gasteiger partial charge on any atom is 0.0485 e. The lowest BCUT2D eigenvalue weighted by atomic mass is 10.0. The molecule has 1 saturated heterocycles. The van der Waals surface area contributed by atoms with Gasteiger partial charge < -0.3 is 14.8 Å². The summed E-state index contributed by atoms with van der Waals surface area (Å²) in [7, 11) is 0. The molecule has 2 aromatic carbocycles. The summed E-state index contributed by atoms with van der Waals surface area (Å²) in [5, 5.41) is 5.17. The molecule has 0 radical (unpaired) electrons. The predicted octanol–water partition coefficient (Wildman–Crippen LogP) is 4.91. The van der Waals surface area contributed by atoms with E-state index in [2.05, 4.69) is 63.3 Å². The third-order valence-corrected chi connectivity index (χ3v) is 6.50. The highest BCUT2D eigenvalue weighted by Crippen LogP contribution is 2.31. The minimum atomic E-state index is 0.954. The van der Waals surface area contributed by atoms with Crippen LogP contribution in [-0.2, 0) is 25.9 Å². The summed E-state index contributed by atoms with van der Waals surface area (Å²) < 4.78 is 2.58. The molecular formula is C25H31N3. The lowest BCUT2D eigenvalue weighted by molar-refractivity contribution is 0.539. The SMILES string of the molecule is c1cc(CNCCc2c3n(c4ccccc24)CCCC3)cc(N2CCCC2)c1. The molecule has 146 valence electrons. The summed E-state index contributed by atoms with van der Waals surface area (Å²) in [6, 6.07) is 18.1. The molecule has 2 aliphatic heterocycles. The van der Waals surface area contributed by atoms with Gasteiger partial charge in [-0.3, -0.25) is 0 Å². The number of aromatic nitrogens is 1. The number of nitrogens with zero attached hydrogens (tertiary/aromatic N) is 2. The van der Waals surface area contributed by atoms with Gasteiger partial charge in [-0.25, -0.2) is 0 Å². The zero-order valence-electron chi connectivity index (χ0n) is 16.8. The van der Waals surface area contributed by atoms with Gasteiger partial charge in [0, 0.05) is 48.5 Å². The highest BCUT2D eigenvalue weighted by Gasteiger charge is 2.19. The first kappa shape index (κ1) is 17.8. The maximum absolute atomic E-state index is 3.70. The van der Waals surface area contributed by atoms with Crippen molar-refractivity contribution in [2.75, 3.05) is 24.5 Å².